The molecule has 0 bridgehead atoms. The molecule has 0 aromatic heterocycles. The van der Waals surface area contributed by atoms with E-state index in [1.54, 1.807) is 30.3 Å². The summed E-state index contributed by atoms with van der Waals surface area (Å²) in [4.78, 5) is 12.2. The van der Waals surface area contributed by atoms with Gasteiger partial charge in [0.05, 0.1) is 10.0 Å². The molecule has 0 radical (unpaired) electrons. The van der Waals surface area contributed by atoms with Crippen molar-refractivity contribution in [2.45, 2.75) is 0 Å². The smallest absolute Gasteiger partial charge is 0.266 e. The highest BCUT2D eigenvalue weighted by atomic mass is 35.5. The maximum Gasteiger partial charge on any atom is 0.266 e. The lowest BCUT2D eigenvalue weighted by Gasteiger charge is -2.06. The zero-order valence-electron chi connectivity index (χ0n) is 12.2. The number of nitrogens with one attached hydrogen (secondary N) is 1. The molecule has 0 aliphatic carbocycles. The molecule has 0 unspecified atom stereocenters. The van der Waals surface area contributed by atoms with Crippen LogP contribution in [0.2, 0.25) is 10.0 Å². The second-order valence-electron chi connectivity index (χ2n) is 4.87. The predicted molar refractivity (Wildman–Crippen MR) is 91.2 cm³/mol. The normalized spacial score (nSPS) is 12.6. The summed E-state index contributed by atoms with van der Waals surface area (Å²) in [6.45, 7) is 0.158. The fourth-order valence-corrected chi connectivity index (χ4v) is 2.39. The van der Waals surface area contributed by atoms with Crippen LogP contribution in [0.25, 0.3) is 6.08 Å². The minimum absolute atomic E-state index is 0.0556. The summed E-state index contributed by atoms with van der Waals surface area (Å²) in [5, 5.41) is 12.5. The number of amides is 1. The fourth-order valence-electron chi connectivity index (χ4n) is 2.09. The van der Waals surface area contributed by atoms with Crippen molar-refractivity contribution in [3.05, 3.63) is 57.6 Å². The molecule has 1 N–H and O–H groups in total. The highest BCUT2D eigenvalue weighted by Gasteiger charge is 2.14. The van der Waals surface area contributed by atoms with Crippen molar-refractivity contribution in [2.75, 3.05) is 12.1 Å². The third-order valence-corrected chi connectivity index (χ3v) is 3.99. The molecule has 0 fully saturated rings. The second kappa shape index (κ2) is 6.83. The molecule has 0 spiro atoms. The Labute approximate surface area is 148 Å². The van der Waals surface area contributed by atoms with Crippen molar-refractivity contribution in [3.8, 4) is 17.6 Å². The number of fused-ring (bicyclic) bond motifs is 1. The predicted octanol–water partition coefficient (Wildman–Crippen LogP) is 4.27. The number of carbonyl (C=O) groups excluding carboxylic acids is 1. The molecule has 0 saturated carbocycles. The number of rotatable bonds is 3. The first-order chi connectivity index (χ1) is 11.6. The van der Waals surface area contributed by atoms with Gasteiger partial charge in [0.15, 0.2) is 11.5 Å². The summed E-state index contributed by atoms with van der Waals surface area (Å²) >= 11 is 11.7. The third-order valence-electron chi connectivity index (χ3n) is 3.25. The monoisotopic (exact) mass is 360 g/mol. The Kier molecular flexibility index (Phi) is 4.61. The highest BCUT2D eigenvalue weighted by molar-refractivity contribution is 6.42. The summed E-state index contributed by atoms with van der Waals surface area (Å²) in [6.07, 6.45) is 1.47. The molecule has 1 amide bonds. The van der Waals surface area contributed by atoms with Crippen LogP contribution in [0.4, 0.5) is 5.69 Å². The lowest BCUT2D eigenvalue weighted by Crippen LogP contribution is -2.13. The molecule has 5 nitrogen and oxygen atoms in total. The summed E-state index contributed by atoms with van der Waals surface area (Å²) in [6, 6.07) is 11.7. The van der Waals surface area contributed by atoms with Gasteiger partial charge in [0.1, 0.15) is 11.6 Å². The van der Waals surface area contributed by atoms with Crippen LogP contribution in [0.1, 0.15) is 5.56 Å². The maximum atomic E-state index is 12.2. The molecule has 1 heterocycles. The van der Waals surface area contributed by atoms with Crippen molar-refractivity contribution in [3.63, 3.8) is 0 Å². The zero-order chi connectivity index (χ0) is 17.1. The van der Waals surface area contributed by atoms with Gasteiger partial charge >= 0.3 is 0 Å². The van der Waals surface area contributed by atoms with Crippen LogP contribution in [-0.4, -0.2) is 12.7 Å². The van der Waals surface area contributed by atoms with Gasteiger partial charge in [-0.25, -0.2) is 0 Å². The van der Waals surface area contributed by atoms with E-state index in [2.05, 4.69) is 5.32 Å². The van der Waals surface area contributed by atoms with Crippen molar-refractivity contribution in [1.82, 2.24) is 0 Å². The Morgan fingerprint density at radius 3 is 2.67 bits per heavy atom. The zero-order valence-corrected chi connectivity index (χ0v) is 13.7. The van der Waals surface area contributed by atoms with Crippen molar-refractivity contribution in [2.24, 2.45) is 0 Å². The number of carbonyl (C=O) groups is 1. The van der Waals surface area contributed by atoms with Gasteiger partial charge in [-0.15, -0.1) is 0 Å². The molecule has 3 rings (SSSR count). The summed E-state index contributed by atoms with van der Waals surface area (Å²) < 4.78 is 10.5. The number of hydrogen-bond donors (Lipinski definition) is 1. The molecule has 1 aliphatic rings. The van der Waals surface area contributed by atoms with Crippen molar-refractivity contribution in [1.29, 1.82) is 5.26 Å². The van der Waals surface area contributed by atoms with Crippen LogP contribution in [0.5, 0.6) is 11.5 Å². The van der Waals surface area contributed by atoms with Crippen LogP contribution in [0.15, 0.2) is 42.0 Å². The van der Waals surface area contributed by atoms with Crippen LogP contribution in [-0.2, 0) is 4.79 Å². The van der Waals surface area contributed by atoms with Gasteiger partial charge in [-0.2, -0.15) is 5.26 Å². The topological polar surface area (TPSA) is 71.3 Å². The van der Waals surface area contributed by atoms with Crippen LogP contribution >= 0.6 is 23.2 Å². The van der Waals surface area contributed by atoms with E-state index in [1.165, 1.54) is 12.1 Å². The largest absolute Gasteiger partial charge is 0.454 e. The third kappa shape index (κ3) is 3.46. The molecule has 1 aliphatic heterocycles. The molecular weight excluding hydrogens is 351 g/mol. The van der Waals surface area contributed by atoms with E-state index in [9.17, 15) is 10.1 Å². The SMILES string of the molecule is N#C/C(=C/c1ccc2c(c1)OCO2)C(=O)Nc1ccc(Cl)c(Cl)c1. The standard InChI is InChI=1S/C17H10Cl2N2O3/c18-13-3-2-12(7-14(13)19)21-17(22)11(8-20)5-10-1-4-15-16(6-10)24-9-23-15/h1-7H,9H2,(H,21,22)/b11-5-. The average molecular weight is 361 g/mol. The van der Waals surface area contributed by atoms with E-state index in [1.807, 2.05) is 6.07 Å². The number of nitriles is 1. The molecule has 2 aromatic carbocycles. The van der Waals surface area contributed by atoms with Gasteiger partial charge in [0.25, 0.3) is 5.91 Å². The first-order valence-corrected chi connectivity index (χ1v) is 7.60. The van der Waals surface area contributed by atoms with Crippen LogP contribution < -0.4 is 14.8 Å². The number of halogens is 2. The van der Waals surface area contributed by atoms with E-state index in [4.69, 9.17) is 32.7 Å². The summed E-state index contributed by atoms with van der Waals surface area (Å²) in [7, 11) is 0. The molecule has 0 atom stereocenters. The van der Waals surface area contributed by atoms with Crippen molar-refractivity contribution < 1.29 is 14.3 Å². The number of nitrogens with zero attached hydrogens (tertiary/aromatic N) is 1. The van der Waals surface area contributed by atoms with E-state index < -0.39 is 5.91 Å². The molecule has 2 aromatic rings. The molecule has 7 heteroatoms. The van der Waals surface area contributed by atoms with Crippen LogP contribution in [0, 0.1) is 11.3 Å². The molecule has 120 valence electrons. The van der Waals surface area contributed by atoms with Crippen LogP contribution in [0.3, 0.4) is 0 Å². The fraction of sp³-hybridized carbons (Fsp3) is 0.0588. The van der Waals surface area contributed by atoms with Gasteiger partial charge < -0.3 is 14.8 Å². The number of benzene rings is 2. The minimum Gasteiger partial charge on any atom is -0.454 e. The molecule has 24 heavy (non-hydrogen) atoms. The number of ether oxygens (including phenoxy) is 2. The van der Waals surface area contributed by atoms with Gasteiger partial charge in [0.2, 0.25) is 6.79 Å². The summed E-state index contributed by atoms with van der Waals surface area (Å²) in [5.41, 5.74) is 1.04. The summed E-state index contributed by atoms with van der Waals surface area (Å²) in [5.74, 6) is 0.658. The van der Waals surface area contributed by atoms with Crippen molar-refractivity contribution >= 4 is 40.9 Å². The number of anilines is 1. The van der Waals surface area contributed by atoms with Gasteiger partial charge in [0, 0.05) is 5.69 Å². The minimum atomic E-state index is -0.548. The first kappa shape index (κ1) is 16.2. The molecule has 0 saturated heterocycles. The molecular formula is C17H10Cl2N2O3. The van der Waals surface area contributed by atoms with Gasteiger partial charge in [-0.1, -0.05) is 29.3 Å². The Balaban J connectivity index is 1.81. The Morgan fingerprint density at radius 2 is 1.92 bits per heavy atom. The van der Waals surface area contributed by atoms with E-state index >= 15 is 0 Å². The Hall–Kier alpha value is -2.68. The Bertz CT molecular complexity index is 888. The van der Waals surface area contributed by atoms with E-state index in [-0.39, 0.29) is 12.4 Å². The first-order valence-electron chi connectivity index (χ1n) is 6.84. The quantitative estimate of drug-likeness (QED) is 0.655. The van der Waals surface area contributed by atoms with E-state index in [0.29, 0.717) is 32.8 Å². The average Bonchev–Trinajstić information content (AvgIpc) is 3.03. The van der Waals surface area contributed by atoms with E-state index in [0.717, 1.165) is 0 Å². The maximum absolute atomic E-state index is 12.2. The lowest BCUT2D eigenvalue weighted by molar-refractivity contribution is -0.112. The highest BCUT2D eigenvalue weighted by Crippen LogP contribution is 2.33. The Morgan fingerprint density at radius 1 is 1.12 bits per heavy atom. The number of hydrogen-bond acceptors (Lipinski definition) is 4. The van der Waals surface area contributed by atoms with Gasteiger partial charge in [-0.05, 0) is 42.0 Å². The van der Waals surface area contributed by atoms with Gasteiger partial charge in [-0.3, -0.25) is 4.79 Å². The second-order valence-corrected chi connectivity index (χ2v) is 5.68. The lowest BCUT2D eigenvalue weighted by atomic mass is 10.1.